The number of fused-ring (bicyclic) bond motifs is 1. The van der Waals surface area contributed by atoms with Crippen molar-refractivity contribution in [3.05, 3.63) is 35.4 Å². The highest BCUT2D eigenvalue weighted by Crippen LogP contribution is 2.33. The smallest absolute Gasteiger partial charge is 0.0374 e. The van der Waals surface area contributed by atoms with Gasteiger partial charge in [-0.25, -0.2) is 0 Å². The highest BCUT2D eigenvalue weighted by atomic mass is 35.5. The molecule has 76 valence electrons. The molecule has 0 radical (unpaired) electrons. The summed E-state index contributed by atoms with van der Waals surface area (Å²) in [5, 5.41) is 3.44. The van der Waals surface area contributed by atoms with Crippen LogP contribution in [0.15, 0.2) is 24.3 Å². The Balaban J connectivity index is 1.87. The van der Waals surface area contributed by atoms with Crippen LogP contribution in [0.5, 0.6) is 0 Å². The van der Waals surface area contributed by atoms with Crippen LogP contribution in [0.1, 0.15) is 24.0 Å². The van der Waals surface area contributed by atoms with Crippen LogP contribution in [0.4, 0.5) is 0 Å². The van der Waals surface area contributed by atoms with Gasteiger partial charge in [0.1, 0.15) is 0 Å². The van der Waals surface area contributed by atoms with Crippen molar-refractivity contribution in [2.24, 2.45) is 0 Å². The van der Waals surface area contributed by atoms with E-state index in [4.69, 9.17) is 11.6 Å². The van der Waals surface area contributed by atoms with E-state index in [0.717, 1.165) is 6.54 Å². The van der Waals surface area contributed by atoms with Gasteiger partial charge in [-0.1, -0.05) is 24.3 Å². The lowest BCUT2D eigenvalue weighted by Gasteiger charge is -2.31. The van der Waals surface area contributed by atoms with E-state index in [1.165, 1.54) is 17.5 Å². The van der Waals surface area contributed by atoms with Gasteiger partial charge in [0.05, 0.1) is 0 Å². The monoisotopic (exact) mass is 209 g/mol. The van der Waals surface area contributed by atoms with Crippen molar-refractivity contribution in [3.63, 3.8) is 0 Å². The largest absolute Gasteiger partial charge is 0.312 e. The first-order chi connectivity index (χ1) is 6.81. The first-order valence-electron chi connectivity index (χ1n) is 5.18. The van der Waals surface area contributed by atoms with E-state index in [2.05, 4.69) is 36.5 Å². The maximum atomic E-state index is 5.73. The Morgan fingerprint density at radius 1 is 1.50 bits per heavy atom. The summed E-state index contributed by atoms with van der Waals surface area (Å²) in [5.74, 6) is 1.39. The first-order valence-corrected chi connectivity index (χ1v) is 5.72. The molecule has 14 heavy (non-hydrogen) atoms. The van der Waals surface area contributed by atoms with Gasteiger partial charge in [0, 0.05) is 24.4 Å². The summed E-state index contributed by atoms with van der Waals surface area (Å²) in [6.07, 6.45) is 1.22. The predicted octanol–water partition coefficient (Wildman–Crippen LogP) is 2.54. The van der Waals surface area contributed by atoms with Crippen LogP contribution >= 0.6 is 11.6 Å². The quantitative estimate of drug-likeness (QED) is 0.752. The van der Waals surface area contributed by atoms with Crippen molar-refractivity contribution in [2.75, 3.05) is 12.4 Å². The second kappa shape index (κ2) is 4.33. The zero-order chi connectivity index (χ0) is 9.97. The van der Waals surface area contributed by atoms with E-state index in [1.54, 1.807) is 0 Å². The molecule has 0 fully saturated rings. The van der Waals surface area contributed by atoms with E-state index in [1.807, 2.05) is 0 Å². The Hall–Kier alpha value is -0.530. The Morgan fingerprint density at radius 2 is 2.29 bits per heavy atom. The van der Waals surface area contributed by atoms with Crippen LogP contribution < -0.4 is 5.32 Å². The van der Waals surface area contributed by atoms with Crippen molar-refractivity contribution in [3.8, 4) is 0 Å². The van der Waals surface area contributed by atoms with Gasteiger partial charge in [-0.05, 0) is 24.5 Å². The molecule has 0 aromatic heterocycles. The number of nitrogens with one attached hydrogen (secondary N) is 1. The molecule has 2 atom stereocenters. The summed E-state index contributed by atoms with van der Waals surface area (Å²) in [4.78, 5) is 0. The van der Waals surface area contributed by atoms with Crippen molar-refractivity contribution in [1.82, 2.24) is 5.32 Å². The minimum Gasteiger partial charge on any atom is -0.312 e. The van der Waals surface area contributed by atoms with E-state index in [-0.39, 0.29) is 0 Å². The van der Waals surface area contributed by atoms with Crippen LogP contribution in [0, 0.1) is 0 Å². The van der Waals surface area contributed by atoms with E-state index >= 15 is 0 Å². The number of benzene rings is 1. The number of rotatable bonds is 4. The molecule has 0 saturated carbocycles. The highest BCUT2D eigenvalue weighted by molar-refractivity contribution is 6.18. The van der Waals surface area contributed by atoms with Crippen LogP contribution in [-0.4, -0.2) is 18.5 Å². The topological polar surface area (TPSA) is 12.0 Å². The lowest BCUT2D eigenvalue weighted by atomic mass is 9.77. The zero-order valence-corrected chi connectivity index (χ0v) is 9.22. The predicted molar refractivity (Wildman–Crippen MR) is 61.1 cm³/mol. The molecule has 2 unspecified atom stereocenters. The highest BCUT2D eigenvalue weighted by Gasteiger charge is 2.24. The number of halogens is 1. The standard InChI is InChI=1S/C12H16ClN/c1-9(7-13)14-8-11-6-10-4-2-3-5-12(10)11/h2-5,9,11,14H,6-8H2,1H3. The SMILES string of the molecule is CC(CCl)NCC1Cc2ccccc21. The lowest BCUT2D eigenvalue weighted by Crippen LogP contribution is -2.35. The minimum atomic E-state index is 0.421. The van der Waals surface area contributed by atoms with Crippen LogP contribution in [-0.2, 0) is 6.42 Å². The van der Waals surface area contributed by atoms with Crippen molar-refractivity contribution in [1.29, 1.82) is 0 Å². The average molecular weight is 210 g/mol. The van der Waals surface area contributed by atoms with Crippen molar-refractivity contribution >= 4 is 11.6 Å². The third kappa shape index (κ3) is 1.94. The molecule has 0 heterocycles. The summed E-state index contributed by atoms with van der Waals surface area (Å²) >= 11 is 5.73. The van der Waals surface area contributed by atoms with Crippen LogP contribution in [0.3, 0.4) is 0 Å². The van der Waals surface area contributed by atoms with Crippen LogP contribution in [0.2, 0.25) is 0 Å². The Labute approximate surface area is 90.5 Å². The van der Waals surface area contributed by atoms with Gasteiger partial charge < -0.3 is 5.32 Å². The lowest BCUT2D eigenvalue weighted by molar-refractivity contribution is 0.499. The molecule has 1 nitrogen and oxygen atoms in total. The molecule has 0 bridgehead atoms. The first kappa shape index (κ1) is 10.0. The molecular weight excluding hydrogens is 194 g/mol. The molecule has 2 heteroatoms. The number of alkyl halides is 1. The van der Waals surface area contributed by atoms with Gasteiger partial charge in [0.2, 0.25) is 0 Å². The fourth-order valence-corrected chi connectivity index (χ4v) is 2.05. The maximum Gasteiger partial charge on any atom is 0.0374 e. The summed E-state index contributed by atoms with van der Waals surface area (Å²) in [7, 11) is 0. The van der Waals surface area contributed by atoms with Gasteiger partial charge in [0.15, 0.2) is 0 Å². The third-order valence-electron chi connectivity index (χ3n) is 2.91. The maximum absolute atomic E-state index is 5.73. The summed E-state index contributed by atoms with van der Waals surface area (Å²) < 4.78 is 0. The molecule has 1 aliphatic rings. The Bertz CT molecular complexity index is 311. The molecular formula is C12H16ClN. The molecule has 1 N–H and O–H groups in total. The number of hydrogen-bond donors (Lipinski definition) is 1. The molecule has 1 aliphatic carbocycles. The molecule has 1 aromatic carbocycles. The number of hydrogen-bond acceptors (Lipinski definition) is 1. The molecule has 0 amide bonds. The molecule has 1 aromatic rings. The van der Waals surface area contributed by atoms with Crippen molar-refractivity contribution < 1.29 is 0 Å². The van der Waals surface area contributed by atoms with E-state index in [9.17, 15) is 0 Å². The average Bonchev–Trinajstić information content (AvgIpc) is 2.19. The van der Waals surface area contributed by atoms with E-state index < -0.39 is 0 Å². The fraction of sp³-hybridized carbons (Fsp3) is 0.500. The molecule has 0 spiro atoms. The summed E-state index contributed by atoms with van der Waals surface area (Å²) in [5.41, 5.74) is 3.03. The van der Waals surface area contributed by atoms with Gasteiger partial charge in [0.25, 0.3) is 0 Å². The van der Waals surface area contributed by atoms with Gasteiger partial charge in [-0.15, -0.1) is 11.6 Å². The van der Waals surface area contributed by atoms with Gasteiger partial charge >= 0.3 is 0 Å². The molecule has 0 aliphatic heterocycles. The van der Waals surface area contributed by atoms with E-state index in [0.29, 0.717) is 17.8 Å². The fourth-order valence-electron chi connectivity index (χ4n) is 1.94. The third-order valence-corrected chi connectivity index (χ3v) is 3.37. The van der Waals surface area contributed by atoms with Crippen molar-refractivity contribution in [2.45, 2.75) is 25.3 Å². The molecule has 2 rings (SSSR count). The second-order valence-corrected chi connectivity index (χ2v) is 4.37. The summed E-state index contributed by atoms with van der Waals surface area (Å²) in [6.45, 7) is 3.18. The zero-order valence-electron chi connectivity index (χ0n) is 8.46. The molecule has 0 saturated heterocycles. The van der Waals surface area contributed by atoms with Gasteiger partial charge in [-0.3, -0.25) is 0 Å². The Morgan fingerprint density at radius 3 is 3.00 bits per heavy atom. The summed E-state index contributed by atoms with van der Waals surface area (Å²) in [6, 6.07) is 9.11. The normalized spacial score (nSPS) is 21.1. The van der Waals surface area contributed by atoms with Gasteiger partial charge in [-0.2, -0.15) is 0 Å². The second-order valence-electron chi connectivity index (χ2n) is 4.06. The minimum absolute atomic E-state index is 0.421. The Kier molecular flexibility index (Phi) is 3.09. The van der Waals surface area contributed by atoms with Crippen LogP contribution in [0.25, 0.3) is 0 Å².